The summed E-state index contributed by atoms with van der Waals surface area (Å²) in [5.74, 6) is 5.11. The Hall–Kier alpha value is -0.530. The molecule has 0 aliphatic heterocycles. The van der Waals surface area contributed by atoms with Gasteiger partial charge >= 0.3 is 0 Å². The molecule has 0 aromatic heterocycles. The Morgan fingerprint density at radius 1 is 1.13 bits per heavy atom. The largest absolute Gasteiger partial charge is 0.379 e. The van der Waals surface area contributed by atoms with E-state index in [0.717, 1.165) is 13.1 Å². The minimum Gasteiger partial charge on any atom is -0.379 e. The van der Waals surface area contributed by atoms with Crippen LogP contribution in [-0.2, 0) is 14.3 Å². The fourth-order valence-corrected chi connectivity index (χ4v) is 0.863. The number of carbonyl (C=O) groups is 1. The Balaban J connectivity index is 2.89. The Kier molecular flexibility index (Phi) is 11.1. The Morgan fingerprint density at radius 3 is 2.33 bits per heavy atom. The average Bonchev–Trinajstić information content (AvgIpc) is 2.20. The van der Waals surface area contributed by atoms with Gasteiger partial charge < -0.3 is 14.8 Å². The number of hydrogen-bond acceptors (Lipinski definition) is 6. The van der Waals surface area contributed by atoms with E-state index in [9.17, 15) is 4.79 Å². The maximum absolute atomic E-state index is 10.5. The third-order valence-corrected chi connectivity index (χ3v) is 1.54. The zero-order chi connectivity index (χ0) is 11.4. The summed E-state index contributed by atoms with van der Waals surface area (Å²) >= 11 is 0. The molecule has 0 saturated carbocycles. The highest BCUT2D eigenvalue weighted by atomic mass is 16.5. The number of Topliss-reactive ketones (excluding diaryl/α,β-unsaturated/α-hetero) is 1. The summed E-state index contributed by atoms with van der Waals surface area (Å²) in [5.41, 5.74) is 2.50. The molecule has 0 spiro atoms. The van der Waals surface area contributed by atoms with Crippen molar-refractivity contribution in [3.05, 3.63) is 0 Å². The van der Waals surface area contributed by atoms with Gasteiger partial charge in [-0.15, -0.1) is 0 Å². The quantitative estimate of drug-likeness (QED) is 0.227. The maximum atomic E-state index is 10.5. The Morgan fingerprint density at radius 2 is 1.73 bits per heavy atom. The van der Waals surface area contributed by atoms with Crippen LogP contribution in [0.1, 0.15) is 6.92 Å². The van der Waals surface area contributed by atoms with Crippen molar-refractivity contribution in [1.29, 1.82) is 0 Å². The first-order chi connectivity index (χ1) is 7.27. The van der Waals surface area contributed by atoms with Gasteiger partial charge in [0.2, 0.25) is 0 Å². The zero-order valence-electron chi connectivity index (χ0n) is 9.25. The molecule has 6 nitrogen and oxygen atoms in total. The standard InChI is InChI=1S/C9H21N3O3/c1-9(13)8-15-6-3-11-2-5-14-7-4-12-10/h11-12H,2-8,10H2,1H3. The van der Waals surface area contributed by atoms with Gasteiger partial charge in [0.1, 0.15) is 6.61 Å². The smallest absolute Gasteiger partial charge is 0.155 e. The highest BCUT2D eigenvalue weighted by molar-refractivity contribution is 5.76. The second kappa shape index (κ2) is 11.5. The lowest BCUT2D eigenvalue weighted by Crippen LogP contribution is -2.28. The molecule has 0 rings (SSSR count). The van der Waals surface area contributed by atoms with Gasteiger partial charge in [-0.05, 0) is 6.92 Å². The molecule has 0 atom stereocenters. The molecular weight excluding hydrogens is 198 g/mol. The van der Waals surface area contributed by atoms with E-state index in [-0.39, 0.29) is 12.4 Å². The highest BCUT2D eigenvalue weighted by Crippen LogP contribution is 1.76. The van der Waals surface area contributed by atoms with Crippen LogP contribution in [0, 0.1) is 0 Å². The fraction of sp³-hybridized carbons (Fsp3) is 0.889. The predicted molar refractivity (Wildman–Crippen MR) is 57.4 cm³/mol. The van der Waals surface area contributed by atoms with Crippen LogP contribution in [0.25, 0.3) is 0 Å². The lowest BCUT2D eigenvalue weighted by atomic mass is 10.5. The number of hydrazine groups is 1. The van der Waals surface area contributed by atoms with Crippen molar-refractivity contribution in [3.8, 4) is 0 Å². The lowest BCUT2D eigenvalue weighted by molar-refractivity contribution is -0.121. The van der Waals surface area contributed by atoms with Gasteiger partial charge in [0.25, 0.3) is 0 Å². The van der Waals surface area contributed by atoms with Crippen LogP contribution in [0.5, 0.6) is 0 Å². The van der Waals surface area contributed by atoms with Crippen molar-refractivity contribution in [2.45, 2.75) is 6.92 Å². The molecule has 0 heterocycles. The number of nitrogens with one attached hydrogen (secondary N) is 2. The molecule has 0 fully saturated rings. The van der Waals surface area contributed by atoms with E-state index >= 15 is 0 Å². The van der Waals surface area contributed by atoms with E-state index in [1.807, 2.05) is 0 Å². The first-order valence-electron chi connectivity index (χ1n) is 5.06. The molecule has 0 amide bonds. The third kappa shape index (κ3) is 13.5. The summed E-state index contributed by atoms with van der Waals surface area (Å²) in [5, 5.41) is 3.12. The molecule has 0 aliphatic carbocycles. The molecule has 0 unspecified atom stereocenters. The fourth-order valence-electron chi connectivity index (χ4n) is 0.863. The van der Waals surface area contributed by atoms with Crippen molar-refractivity contribution in [2.24, 2.45) is 5.84 Å². The molecule has 0 radical (unpaired) electrons. The second-order valence-electron chi connectivity index (χ2n) is 3.07. The van der Waals surface area contributed by atoms with Gasteiger partial charge in [-0.2, -0.15) is 0 Å². The SMILES string of the molecule is CC(=O)COCCNCCOCCNN. The van der Waals surface area contributed by atoms with Crippen LogP contribution in [0.3, 0.4) is 0 Å². The average molecular weight is 219 g/mol. The zero-order valence-corrected chi connectivity index (χ0v) is 9.25. The van der Waals surface area contributed by atoms with Crippen molar-refractivity contribution in [2.75, 3.05) is 46.1 Å². The molecule has 4 N–H and O–H groups in total. The first-order valence-corrected chi connectivity index (χ1v) is 5.06. The summed E-state index contributed by atoms with van der Waals surface area (Å²) in [7, 11) is 0. The van der Waals surface area contributed by atoms with Gasteiger partial charge in [0.05, 0.1) is 19.8 Å². The minimum atomic E-state index is 0.0487. The number of rotatable bonds is 11. The summed E-state index contributed by atoms with van der Waals surface area (Å²) < 4.78 is 10.3. The summed E-state index contributed by atoms with van der Waals surface area (Å²) in [6.07, 6.45) is 0. The van der Waals surface area contributed by atoms with E-state index in [2.05, 4.69) is 10.7 Å². The molecule has 0 aromatic carbocycles. The maximum Gasteiger partial charge on any atom is 0.155 e. The molecule has 0 saturated heterocycles. The van der Waals surface area contributed by atoms with Crippen molar-refractivity contribution in [3.63, 3.8) is 0 Å². The normalized spacial score (nSPS) is 10.5. The summed E-state index contributed by atoms with van der Waals surface area (Å²) in [6, 6.07) is 0. The summed E-state index contributed by atoms with van der Waals surface area (Å²) in [4.78, 5) is 10.5. The Bertz CT molecular complexity index is 156. The van der Waals surface area contributed by atoms with Gasteiger partial charge in [-0.1, -0.05) is 0 Å². The number of ether oxygens (including phenoxy) is 2. The van der Waals surface area contributed by atoms with Crippen molar-refractivity contribution >= 4 is 5.78 Å². The molecule has 15 heavy (non-hydrogen) atoms. The van der Waals surface area contributed by atoms with Gasteiger partial charge in [-0.3, -0.25) is 16.1 Å². The third-order valence-electron chi connectivity index (χ3n) is 1.54. The van der Waals surface area contributed by atoms with Gasteiger partial charge in [-0.25, -0.2) is 0 Å². The Labute approximate surface area is 90.5 Å². The molecule has 0 bridgehead atoms. The van der Waals surface area contributed by atoms with E-state index in [4.69, 9.17) is 15.3 Å². The van der Waals surface area contributed by atoms with Crippen LogP contribution in [0.2, 0.25) is 0 Å². The molecule has 6 heteroatoms. The number of ketones is 1. The number of nitrogens with two attached hydrogens (primary N) is 1. The molecular formula is C9H21N3O3. The van der Waals surface area contributed by atoms with Crippen molar-refractivity contribution < 1.29 is 14.3 Å². The van der Waals surface area contributed by atoms with Crippen molar-refractivity contribution in [1.82, 2.24) is 10.7 Å². The monoisotopic (exact) mass is 219 g/mol. The van der Waals surface area contributed by atoms with E-state index < -0.39 is 0 Å². The predicted octanol–water partition coefficient (Wildman–Crippen LogP) is -1.34. The van der Waals surface area contributed by atoms with Crippen LogP contribution in [0.4, 0.5) is 0 Å². The summed E-state index contributed by atoms with van der Waals surface area (Å²) in [6.45, 7) is 5.66. The molecule has 90 valence electrons. The number of hydrogen-bond donors (Lipinski definition) is 3. The van der Waals surface area contributed by atoms with E-state index in [1.165, 1.54) is 6.92 Å². The second-order valence-corrected chi connectivity index (χ2v) is 3.07. The van der Waals surface area contributed by atoms with Gasteiger partial charge in [0, 0.05) is 19.6 Å². The van der Waals surface area contributed by atoms with E-state index in [0.29, 0.717) is 26.4 Å². The van der Waals surface area contributed by atoms with Crippen LogP contribution in [-0.4, -0.2) is 51.8 Å². The first kappa shape index (κ1) is 14.5. The molecule has 0 aliphatic rings. The van der Waals surface area contributed by atoms with Crippen LogP contribution >= 0.6 is 0 Å². The van der Waals surface area contributed by atoms with Crippen LogP contribution < -0.4 is 16.6 Å². The minimum absolute atomic E-state index is 0.0487. The molecule has 0 aromatic rings. The van der Waals surface area contributed by atoms with E-state index in [1.54, 1.807) is 0 Å². The topological polar surface area (TPSA) is 85.6 Å². The highest BCUT2D eigenvalue weighted by Gasteiger charge is 1.92. The van der Waals surface area contributed by atoms with Crippen LogP contribution in [0.15, 0.2) is 0 Å². The lowest BCUT2D eigenvalue weighted by Gasteiger charge is -2.06. The number of carbonyl (C=O) groups excluding carboxylic acids is 1. The van der Waals surface area contributed by atoms with Gasteiger partial charge in [0.15, 0.2) is 5.78 Å².